The molecular formula is C15H15N3O7S2. The molecule has 0 aliphatic heterocycles. The molecule has 0 radical (unpaired) electrons. The van der Waals surface area contributed by atoms with Gasteiger partial charge in [-0.25, -0.2) is 26.8 Å². The molecule has 0 bridgehead atoms. The van der Waals surface area contributed by atoms with Crippen molar-refractivity contribution >= 4 is 36.8 Å². The molecule has 27 heavy (non-hydrogen) atoms. The van der Waals surface area contributed by atoms with E-state index in [1.54, 1.807) is 0 Å². The number of nitrogens with zero attached hydrogens (tertiary/aromatic N) is 1. The van der Waals surface area contributed by atoms with Crippen molar-refractivity contribution in [1.29, 1.82) is 0 Å². The molecule has 0 amide bonds. The van der Waals surface area contributed by atoms with Gasteiger partial charge in [-0.05, 0) is 30.3 Å². The average Bonchev–Trinajstić information content (AvgIpc) is 2.87. The maximum atomic E-state index is 12.6. The smallest absolute Gasteiger partial charge is 0.419 e. The summed E-state index contributed by atoms with van der Waals surface area (Å²) < 4.78 is 61.9. The van der Waals surface area contributed by atoms with E-state index < -0.39 is 25.8 Å². The number of nitrogens with two attached hydrogens (primary N) is 1. The van der Waals surface area contributed by atoms with Crippen molar-refractivity contribution < 1.29 is 26.0 Å². The Kier molecular flexibility index (Phi) is 4.49. The van der Waals surface area contributed by atoms with Gasteiger partial charge in [-0.2, -0.15) is 0 Å². The predicted octanol–water partition coefficient (Wildman–Crippen LogP) is 0.588. The first kappa shape index (κ1) is 18.9. The first-order valence-corrected chi connectivity index (χ1v) is 10.4. The van der Waals surface area contributed by atoms with Crippen LogP contribution in [0.15, 0.2) is 55.4 Å². The number of rotatable bonds is 5. The van der Waals surface area contributed by atoms with Crippen molar-refractivity contribution in [3.05, 3.63) is 46.9 Å². The van der Waals surface area contributed by atoms with Crippen LogP contribution in [0, 0.1) is 0 Å². The van der Waals surface area contributed by atoms with E-state index in [1.807, 2.05) is 0 Å². The normalized spacial score (nSPS) is 12.3. The molecule has 12 heteroatoms. The van der Waals surface area contributed by atoms with Crippen molar-refractivity contribution in [2.45, 2.75) is 9.79 Å². The topological polar surface area (TPSA) is 151 Å². The number of primary sulfonamides is 1. The lowest BCUT2D eigenvalue weighted by Crippen LogP contribution is -2.16. The van der Waals surface area contributed by atoms with Gasteiger partial charge in [0.1, 0.15) is 10.6 Å². The molecule has 3 rings (SSSR count). The Morgan fingerprint density at radius 3 is 2.44 bits per heavy atom. The molecule has 2 aromatic carbocycles. The number of ether oxygens (including phenoxy) is 1. The molecule has 144 valence electrons. The van der Waals surface area contributed by atoms with E-state index in [9.17, 15) is 21.6 Å². The highest BCUT2D eigenvalue weighted by Gasteiger charge is 2.20. The van der Waals surface area contributed by atoms with Crippen LogP contribution in [0.2, 0.25) is 0 Å². The summed E-state index contributed by atoms with van der Waals surface area (Å²) in [5, 5.41) is 5.13. The van der Waals surface area contributed by atoms with Crippen LogP contribution in [-0.4, -0.2) is 28.5 Å². The summed E-state index contributed by atoms with van der Waals surface area (Å²) in [5.74, 6) is -0.645. The van der Waals surface area contributed by atoms with Crippen molar-refractivity contribution in [1.82, 2.24) is 4.57 Å². The number of hydrogen-bond donors (Lipinski definition) is 2. The number of hydrogen-bond acceptors (Lipinski definition) is 7. The summed E-state index contributed by atoms with van der Waals surface area (Å²) in [6, 6.07) is 7.57. The molecule has 1 aromatic heterocycles. The van der Waals surface area contributed by atoms with Crippen molar-refractivity contribution in [3.8, 4) is 5.75 Å². The number of sulfonamides is 2. The summed E-state index contributed by atoms with van der Waals surface area (Å²) in [7, 11) is -5.47. The van der Waals surface area contributed by atoms with Gasteiger partial charge in [-0.1, -0.05) is 0 Å². The fourth-order valence-electron chi connectivity index (χ4n) is 2.46. The van der Waals surface area contributed by atoms with Gasteiger partial charge in [-0.3, -0.25) is 9.29 Å². The summed E-state index contributed by atoms with van der Waals surface area (Å²) in [4.78, 5) is 11.0. The Bertz CT molecular complexity index is 1300. The van der Waals surface area contributed by atoms with E-state index in [0.29, 0.717) is 5.52 Å². The summed E-state index contributed by atoms with van der Waals surface area (Å²) in [6.07, 6.45) is 0. The number of oxazole rings is 1. The van der Waals surface area contributed by atoms with Crippen LogP contribution in [0.1, 0.15) is 0 Å². The monoisotopic (exact) mass is 413 g/mol. The second-order valence-corrected chi connectivity index (χ2v) is 8.78. The van der Waals surface area contributed by atoms with Gasteiger partial charge in [0, 0.05) is 13.1 Å². The van der Waals surface area contributed by atoms with E-state index in [0.717, 1.165) is 6.07 Å². The molecule has 3 aromatic rings. The minimum absolute atomic E-state index is 0.0204. The molecule has 0 unspecified atom stereocenters. The second kappa shape index (κ2) is 6.40. The Labute approximate surface area is 154 Å². The number of anilines is 1. The Morgan fingerprint density at radius 2 is 1.81 bits per heavy atom. The first-order valence-electron chi connectivity index (χ1n) is 7.36. The summed E-state index contributed by atoms with van der Waals surface area (Å²) in [5.41, 5.74) is 0.500. The lowest BCUT2D eigenvalue weighted by Gasteiger charge is -2.11. The number of aryl methyl sites for hydroxylation is 1. The van der Waals surface area contributed by atoms with E-state index in [2.05, 4.69) is 4.72 Å². The third kappa shape index (κ3) is 3.54. The summed E-state index contributed by atoms with van der Waals surface area (Å²) in [6.45, 7) is 0. The molecule has 0 aliphatic rings. The van der Waals surface area contributed by atoms with Crippen LogP contribution in [-0.2, 0) is 27.1 Å². The molecule has 0 saturated carbocycles. The number of aromatic nitrogens is 1. The molecule has 0 saturated heterocycles. The minimum atomic E-state index is -4.13. The van der Waals surface area contributed by atoms with Crippen LogP contribution >= 0.6 is 0 Å². The molecule has 0 spiro atoms. The van der Waals surface area contributed by atoms with E-state index in [1.165, 1.54) is 49.1 Å². The molecule has 0 aliphatic carbocycles. The highest BCUT2D eigenvalue weighted by atomic mass is 32.2. The van der Waals surface area contributed by atoms with Crippen molar-refractivity contribution in [2.75, 3.05) is 11.8 Å². The molecule has 1 heterocycles. The van der Waals surface area contributed by atoms with Crippen molar-refractivity contribution in [2.24, 2.45) is 12.2 Å². The minimum Gasteiger partial charge on any atom is -0.495 e. The van der Waals surface area contributed by atoms with E-state index in [-0.39, 0.29) is 26.8 Å². The van der Waals surface area contributed by atoms with Gasteiger partial charge in [-0.15, -0.1) is 0 Å². The molecule has 0 atom stereocenters. The van der Waals surface area contributed by atoms with E-state index >= 15 is 0 Å². The Hall–Kier alpha value is -2.83. The average molecular weight is 413 g/mol. The van der Waals surface area contributed by atoms with Crippen LogP contribution in [0.5, 0.6) is 5.75 Å². The number of benzene rings is 2. The van der Waals surface area contributed by atoms with Gasteiger partial charge in [0.15, 0.2) is 5.58 Å². The van der Waals surface area contributed by atoms with Gasteiger partial charge in [0.05, 0.1) is 23.2 Å². The number of nitrogens with one attached hydrogen (secondary N) is 1. The number of methoxy groups -OCH3 is 1. The van der Waals surface area contributed by atoms with Gasteiger partial charge < -0.3 is 9.15 Å². The maximum absolute atomic E-state index is 12.6. The predicted molar refractivity (Wildman–Crippen MR) is 96.6 cm³/mol. The zero-order chi connectivity index (χ0) is 20.0. The SMILES string of the molecule is COc1ccc(NS(=O)(=O)c2ccc3c(c2)oc(=O)n3C)cc1S(N)(=O)=O. The largest absolute Gasteiger partial charge is 0.495 e. The van der Waals surface area contributed by atoms with Crippen LogP contribution in [0.4, 0.5) is 5.69 Å². The van der Waals surface area contributed by atoms with Crippen LogP contribution in [0.3, 0.4) is 0 Å². The molecule has 0 fully saturated rings. The molecule has 3 N–H and O–H groups in total. The molecule has 10 nitrogen and oxygen atoms in total. The zero-order valence-electron chi connectivity index (χ0n) is 14.2. The van der Waals surface area contributed by atoms with Gasteiger partial charge >= 0.3 is 5.76 Å². The fourth-order valence-corrected chi connectivity index (χ4v) is 4.25. The Morgan fingerprint density at radius 1 is 1.11 bits per heavy atom. The Balaban J connectivity index is 2.03. The highest BCUT2D eigenvalue weighted by Crippen LogP contribution is 2.28. The fraction of sp³-hybridized carbons (Fsp3) is 0.133. The lowest BCUT2D eigenvalue weighted by molar-refractivity contribution is 0.403. The van der Waals surface area contributed by atoms with Crippen LogP contribution in [0.25, 0.3) is 11.1 Å². The standard InChI is InChI=1S/C15H15N3O7S2/c1-18-11-5-4-10(8-13(11)25-15(18)19)27(22,23)17-9-3-6-12(24-2)14(7-9)26(16,20)21/h3-8,17H,1-2H3,(H2,16,20,21). The highest BCUT2D eigenvalue weighted by molar-refractivity contribution is 7.92. The van der Waals surface area contributed by atoms with Crippen molar-refractivity contribution in [3.63, 3.8) is 0 Å². The van der Waals surface area contributed by atoms with Gasteiger partial charge in [0.25, 0.3) is 10.0 Å². The van der Waals surface area contributed by atoms with Gasteiger partial charge in [0.2, 0.25) is 10.0 Å². The third-order valence-corrected chi connectivity index (χ3v) is 6.11. The first-order chi connectivity index (χ1) is 12.5. The lowest BCUT2D eigenvalue weighted by atomic mass is 10.3. The second-order valence-electron chi connectivity index (χ2n) is 5.57. The zero-order valence-corrected chi connectivity index (χ0v) is 15.8. The third-order valence-electron chi connectivity index (χ3n) is 3.80. The van der Waals surface area contributed by atoms with E-state index in [4.69, 9.17) is 14.3 Å². The number of fused-ring (bicyclic) bond motifs is 1. The van der Waals surface area contributed by atoms with Crippen LogP contribution < -0.4 is 20.4 Å². The maximum Gasteiger partial charge on any atom is 0.419 e. The summed E-state index contributed by atoms with van der Waals surface area (Å²) >= 11 is 0. The molecular weight excluding hydrogens is 398 g/mol. The quantitative estimate of drug-likeness (QED) is 0.621.